The van der Waals surface area contributed by atoms with Crippen molar-refractivity contribution >= 4 is 33.1 Å². The molecular weight excluding hydrogens is 341 g/mol. The topological polar surface area (TPSA) is 35.2 Å². The maximum atomic E-state index is 13.2. The van der Waals surface area contributed by atoms with E-state index >= 15 is 0 Å². The number of thiocarbonyl (C=S) groups is 1. The molecule has 0 heterocycles. The lowest BCUT2D eigenvalue weighted by atomic mass is 10.1. The highest BCUT2D eigenvalue weighted by Crippen LogP contribution is 2.15. The highest BCUT2D eigenvalue weighted by molar-refractivity contribution is 9.10. The molecule has 0 fully saturated rings. The zero-order chi connectivity index (χ0) is 14.5. The average molecular weight is 354 g/mol. The van der Waals surface area contributed by atoms with E-state index in [-0.39, 0.29) is 10.8 Å². The number of rotatable bonds is 5. The van der Waals surface area contributed by atoms with E-state index in [0.717, 1.165) is 15.6 Å². The summed E-state index contributed by atoms with van der Waals surface area (Å²) in [5, 5.41) is 0. The first-order chi connectivity index (χ1) is 9.56. The van der Waals surface area contributed by atoms with Crippen LogP contribution in [0.1, 0.15) is 16.7 Å². The Morgan fingerprint density at radius 2 is 2.00 bits per heavy atom. The molecule has 0 aliphatic carbocycles. The van der Waals surface area contributed by atoms with Crippen molar-refractivity contribution in [1.82, 2.24) is 0 Å². The van der Waals surface area contributed by atoms with Gasteiger partial charge in [-0.1, -0.05) is 46.3 Å². The minimum Gasteiger partial charge on any atom is -0.389 e. The average Bonchev–Trinajstić information content (AvgIpc) is 2.40. The van der Waals surface area contributed by atoms with E-state index in [1.165, 1.54) is 12.1 Å². The predicted molar refractivity (Wildman–Crippen MR) is 84.9 cm³/mol. The molecule has 2 aromatic carbocycles. The van der Waals surface area contributed by atoms with Gasteiger partial charge in [-0.25, -0.2) is 4.39 Å². The van der Waals surface area contributed by atoms with Crippen LogP contribution in [0.5, 0.6) is 0 Å². The monoisotopic (exact) mass is 353 g/mol. The summed E-state index contributed by atoms with van der Waals surface area (Å²) in [6.07, 6.45) is 0. The van der Waals surface area contributed by atoms with Crippen LogP contribution in [0.25, 0.3) is 0 Å². The van der Waals surface area contributed by atoms with Crippen molar-refractivity contribution in [2.75, 3.05) is 0 Å². The van der Waals surface area contributed by atoms with Gasteiger partial charge in [-0.05, 0) is 35.4 Å². The predicted octanol–water partition coefficient (Wildman–Crippen LogP) is 3.94. The second kappa shape index (κ2) is 6.92. The van der Waals surface area contributed by atoms with Crippen LogP contribution in [0.3, 0.4) is 0 Å². The Bertz CT molecular complexity index is 633. The lowest BCUT2D eigenvalue weighted by Crippen LogP contribution is -2.13. The number of benzene rings is 2. The van der Waals surface area contributed by atoms with Gasteiger partial charge in [-0.2, -0.15) is 0 Å². The molecule has 0 bridgehead atoms. The quantitative estimate of drug-likeness (QED) is 0.826. The van der Waals surface area contributed by atoms with Gasteiger partial charge in [-0.3, -0.25) is 0 Å². The Hall–Kier alpha value is -1.30. The lowest BCUT2D eigenvalue weighted by Gasteiger charge is -2.09. The summed E-state index contributed by atoms with van der Waals surface area (Å²) in [4.78, 5) is 0.172. The van der Waals surface area contributed by atoms with Crippen LogP contribution >= 0.6 is 28.1 Å². The normalized spacial score (nSPS) is 10.5. The molecule has 2 N–H and O–H groups in total. The van der Waals surface area contributed by atoms with Crippen LogP contribution < -0.4 is 5.73 Å². The Morgan fingerprint density at radius 1 is 1.20 bits per heavy atom. The van der Waals surface area contributed by atoms with Gasteiger partial charge in [0.1, 0.15) is 10.8 Å². The van der Waals surface area contributed by atoms with Gasteiger partial charge in [0.25, 0.3) is 0 Å². The van der Waals surface area contributed by atoms with Crippen LogP contribution in [0.2, 0.25) is 0 Å². The van der Waals surface area contributed by atoms with Crippen LogP contribution in [-0.4, -0.2) is 4.99 Å². The number of ether oxygens (including phenoxy) is 1. The van der Waals surface area contributed by atoms with E-state index in [1.54, 1.807) is 6.07 Å². The molecule has 2 rings (SSSR count). The van der Waals surface area contributed by atoms with Gasteiger partial charge in [0, 0.05) is 10.0 Å². The van der Waals surface area contributed by atoms with Crippen molar-refractivity contribution < 1.29 is 9.13 Å². The van der Waals surface area contributed by atoms with Gasteiger partial charge in [0.15, 0.2) is 0 Å². The van der Waals surface area contributed by atoms with E-state index in [4.69, 9.17) is 22.7 Å². The van der Waals surface area contributed by atoms with Crippen molar-refractivity contribution in [2.24, 2.45) is 5.73 Å². The number of hydrogen-bond acceptors (Lipinski definition) is 2. The third-order valence-corrected chi connectivity index (χ3v) is 3.47. The van der Waals surface area contributed by atoms with Crippen molar-refractivity contribution in [3.05, 3.63) is 69.4 Å². The largest absolute Gasteiger partial charge is 0.389 e. The summed E-state index contributed by atoms with van der Waals surface area (Å²) in [6, 6.07) is 12.2. The SMILES string of the molecule is NC(=S)c1cc(F)ccc1COCc1cccc(Br)c1. The zero-order valence-corrected chi connectivity index (χ0v) is 13.0. The zero-order valence-electron chi connectivity index (χ0n) is 10.6. The Balaban J connectivity index is 2.02. The molecule has 0 saturated carbocycles. The molecular formula is C15H13BrFNOS. The Kier molecular flexibility index (Phi) is 5.23. The minimum atomic E-state index is -0.358. The van der Waals surface area contributed by atoms with Crippen molar-refractivity contribution in [1.29, 1.82) is 0 Å². The molecule has 0 unspecified atom stereocenters. The fraction of sp³-hybridized carbons (Fsp3) is 0.133. The van der Waals surface area contributed by atoms with Gasteiger partial charge in [-0.15, -0.1) is 0 Å². The summed E-state index contributed by atoms with van der Waals surface area (Å²) < 4.78 is 19.8. The fourth-order valence-electron chi connectivity index (χ4n) is 1.81. The highest BCUT2D eigenvalue weighted by Gasteiger charge is 2.07. The smallest absolute Gasteiger partial charge is 0.123 e. The summed E-state index contributed by atoms with van der Waals surface area (Å²) in [5.74, 6) is -0.358. The molecule has 104 valence electrons. The molecule has 2 aromatic rings. The lowest BCUT2D eigenvalue weighted by molar-refractivity contribution is 0.107. The van der Waals surface area contributed by atoms with Crippen LogP contribution in [0, 0.1) is 5.82 Å². The van der Waals surface area contributed by atoms with Crippen LogP contribution in [0.15, 0.2) is 46.9 Å². The second-order valence-electron chi connectivity index (χ2n) is 4.29. The molecule has 20 heavy (non-hydrogen) atoms. The number of nitrogens with two attached hydrogens (primary N) is 1. The van der Waals surface area contributed by atoms with Crippen molar-refractivity contribution in [3.63, 3.8) is 0 Å². The third kappa shape index (κ3) is 4.10. The summed E-state index contributed by atoms with van der Waals surface area (Å²) in [7, 11) is 0. The Morgan fingerprint density at radius 3 is 2.70 bits per heavy atom. The molecule has 5 heteroatoms. The van der Waals surface area contributed by atoms with Gasteiger partial charge < -0.3 is 10.5 Å². The number of halogens is 2. The van der Waals surface area contributed by atoms with E-state index in [9.17, 15) is 4.39 Å². The van der Waals surface area contributed by atoms with Crippen molar-refractivity contribution in [2.45, 2.75) is 13.2 Å². The maximum absolute atomic E-state index is 13.2. The first-order valence-corrected chi connectivity index (χ1v) is 7.17. The third-order valence-electron chi connectivity index (χ3n) is 2.75. The minimum absolute atomic E-state index is 0.172. The van der Waals surface area contributed by atoms with E-state index in [0.29, 0.717) is 18.8 Å². The molecule has 0 saturated heterocycles. The molecule has 0 amide bonds. The Labute approximate surface area is 130 Å². The molecule has 0 spiro atoms. The standard InChI is InChI=1S/C15H13BrFNOS/c16-12-3-1-2-10(6-12)8-19-9-11-4-5-13(17)7-14(11)15(18)20/h1-7H,8-9H2,(H2,18,20). The van der Waals surface area contributed by atoms with Gasteiger partial charge in [0.2, 0.25) is 0 Å². The number of hydrogen-bond donors (Lipinski definition) is 1. The first kappa shape index (κ1) is 15.1. The second-order valence-corrected chi connectivity index (χ2v) is 5.64. The first-order valence-electron chi connectivity index (χ1n) is 5.96. The van der Waals surface area contributed by atoms with E-state index in [1.807, 2.05) is 24.3 Å². The van der Waals surface area contributed by atoms with Crippen LogP contribution in [0.4, 0.5) is 4.39 Å². The molecule has 0 aliphatic heterocycles. The highest BCUT2D eigenvalue weighted by atomic mass is 79.9. The van der Waals surface area contributed by atoms with Crippen molar-refractivity contribution in [3.8, 4) is 0 Å². The van der Waals surface area contributed by atoms with E-state index < -0.39 is 0 Å². The molecule has 2 nitrogen and oxygen atoms in total. The molecule has 0 aromatic heterocycles. The van der Waals surface area contributed by atoms with Crippen LogP contribution in [-0.2, 0) is 18.0 Å². The fourth-order valence-corrected chi connectivity index (χ4v) is 2.45. The van der Waals surface area contributed by atoms with Gasteiger partial charge in [0.05, 0.1) is 13.2 Å². The summed E-state index contributed by atoms with van der Waals surface area (Å²) in [6.45, 7) is 0.799. The van der Waals surface area contributed by atoms with Gasteiger partial charge >= 0.3 is 0 Å². The summed E-state index contributed by atoms with van der Waals surface area (Å²) in [5.41, 5.74) is 7.95. The molecule has 0 aliphatic rings. The summed E-state index contributed by atoms with van der Waals surface area (Å²) >= 11 is 8.33. The molecule has 0 atom stereocenters. The van der Waals surface area contributed by atoms with E-state index in [2.05, 4.69) is 15.9 Å². The molecule has 0 radical (unpaired) electrons. The maximum Gasteiger partial charge on any atom is 0.123 e.